The Kier molecular flexibility index (Phi) is 4.51. The maximum atomic E-state index is 11.1. The highest BCUT2D eigenvalue weighted by molar-refractivity contribution is 7.89. The van der Waals surface area contributed by atoms with Crippen molar-refractivity contribution in [2.24, 2.45) is 5.73 Å². The quantitative estimate of drug-likeness (QED) is 0.861. The molecule has 0 bridgehead atoms. The van der Waals surface area contributed by atoms with Gasteiger partial charge in [0.2, 0.25) is 5.89 Å². The first-order valence-corrected chi connectivity index (χ1v) is 8.30. The Morgan fingerprint density at radius 1 is 1.30 bits per heavy atom. The third kappa shape index (κ3) is 4.43. The van der Waals surface area contributed by atoms with Gasteiger partial charge in [-0.2, -0.15) is 4.98 Å². The fraction of sp³-hybridized carbons (Fsp3) is 0.385. The molecule has 2 N–H and O–H groups in total. The summed E-state index contributed by atoms with van der Waals surface area (Å²) in [6, 6.07) is 9.55. The molecular weight excluding hydrogens is 278 g/mol. The highest BCUT2D eigenvalue weighted by atomic mass is 32.2. The van der Waals surface area contributed by atoms with Gasteiger partial charge in [-0.1, -0.05) is 35.5 Å². The van der Waals surface area contributed by atoms with Crippen LogP contribution in [0.2, 0.25) is 0 Å². The van der Waals surface area contributed by atoms with Gasteiger partial charge in [-0.25, -0.2) is 8.42 Å². The smallest absolute Gasteiger partial charge is 0.243 e. The number of aromatic nitrogens is 2. The average molecular weight is 295 g/mol. The molecule has 1 atom stereocenters. The van der Waals surface area contributed by atoms with Gasteiger partial charge in [-0.05, 0) is 18.4 Å². The molecule has 0 aliphatic rings. The van der Waals surface area contributed by atoms with Crippen molar-refractivity contribution < 1.29 is 12.9 Å². The summed E-state index contributed by atoms with van der Waals surface area (Å²) in [5, 5.41) is 3.63. The fourth-order valence-electron chi connectivity index (χ4n) is 1.80. The number of aryl methyl sites for hydroxylation is 1. The molecule has 1 aromatic heterocycles. The van der Waals surface area contributed by atoms with Gasteiger partial charge in [-0.3, -0.25) is 0 Å². The number of hydrogen-bond acceptors (Lipinski definition) is 6. The minimum Gasteiger partial charge on any atom is -0.338 e. The molecule has 1 aromatic carbocycles. The van der Waals surface area contributed by atoms with Crippen LogP contribution in [-0.4, -0.2) is 24.8 Å². The number of benzene rings is 1. The molecule has 0 spiro atoms. The van der Waals surface area contributed by atoms with Crippen molar-refractivity contribution >= 4 is 9.84 Å². The minimum atomic E-state index is -3.17. The number of sulfone groups is 1. The zero-order valence-electron chi connectivity index (χ0n) is 11.2. The molecule has 2 aromatic rings. The zero-order valence-corrected chi connectivity index (χ0v) is 12.0. The van der Waals surface area contributed by atoms with Gasteiger partial charge < -0.3 is 10.3 Å². The Labute approximate surface area is 117 Å². The Morgan fingerprint density at radius 2 is 2.00 bits per heavy atom. The highest BCUT2D eigenvalue weighted by Crippen LogP contribution is 2.15. The highest BCUT2D eigenvalue weighted by Gasteiger charge is 2.17. The lowest BCUT2D eigenvalue weighted by Crippen LogP contribution is -2.12. The first kappa shape index (κ1) is 14.7. The van der Waals surface area contributed by atoms with Gasteiger partial charge in [-0.15, -0.1) is 0 Å². The topological polar surface area (TPSA) is 99.1 Å². The molecular formula is C13H17N3O3S. The monoisotopic (exact) mass is 295 g/mol. The molecule has 6 nitrogen and oxygen atoms in total. The molecule has 0 radical (unpaired) electrons. The zero-order chi connectivity index (χ0) is 14.6. The molecule has 108 valence electrons. The maximum Gasteiger partial charge on any atom is 0.243 e. The Hall–Kier alpha value is -1.73. The lowest BCUT2D eigenvalue weighted by atomic mass is 10.1. The lowest BCUT2D eigenvalue weighted by Gasteiger charge is -2.06. The van der Waals surface area contributed by atoms with E-state index in [4.69, 9.17) is 10.3 Å². The van der Waals surface area contributed by atoms with Crippen LogP contribution in [-0.2, 0) is 22.0 Å². The van der Waals surface area contributed by atoms with Crippen molar-refractivity contribution in [2.75, 3.05) is 6.26 Å². The van der Waals surface area contributed by atoms with Gasteiger partial charge >= 0.3 is 0 Å². The van der Waals surface area contributed by atoms with Crippen LogP contribution >= 0.6 is 0 Å². The van der Waals surface area contributed by atoms with E-state index in [-0.39, 0.29) is 17.5 Å². The molecule has 20 heavy (non-hydrogen) atoms. The van der Waals surface area contributed by atoms with Crippen LogP contribution in [0.25, 0.3) is 0 Å². The summed E-state index contributed by atoms with van der Waals surface area (Å²) >= 11 is 0. The minimum absolute atomic E-state index is 0.151. The van der Waals surface area contributed by atoms with Crippen LogP contribution in [0.1, 0.15) is 29.7 Å². The second-order valence-electron chi connectivity index (χ2n) is 4.75. The van der Waals surface area contributed by atoms with E-state index < -0.39 is 15.9 Å². The number of nitrogens with zero attached hydrogens (tertiary/aromatic N) is 2. The van der Waals surface area contributed by atoms with Crippen molar-refractivity contribution in [1.82, 2.24) is 10.1 Å². The fourth-order valence-corrected chi connectivity index (χ4v) is 2.39. The van der Waals surface area contributed by atoms with Crippen LogP contribution in [0.3, 0.4) is 0 Å². The van der Waals surface area contributed by atoms with Crippen LogP contribution in [0.5, 0.6) is 0 Å². The molecule has 0 aliphatic carbocycles. The van der Waals surface area contributed by atoms with Gasteiger partial charge in [0.15, 0.2) is 15.7 Å². The van der Waals surface area contributed by atoms with E-state index in [1.807, 2.05) is 30.3 Å². The summed E-state index contributed by atoms with van der Waals surface area (Å²) in [5.74, 6) is 0.194. The van der Waals surface area contributed by atoms with Gasteiger partial charge in [0, 0.05) is 6.26 Å². The second kappa shape index (κ2) is 6.15. The molecule has 2 rings (SSSR count). The van der Waals surface area contributed by atoms with E-state index in [0.717, 1.165) is 12.7 Å². The van der Waals surface area contributed by atoms with E-state index in [0.29, 0.717) is 6.42 Å². The first-order valence-electron chi connectivity index (χ1n) is 6.24. The Bertz CT molecular complexity index is 653. The Balaban J connectivity index is 1.94. The maximum absolute atomic E-state index is 11.1. The van der Waals surface area contributed by atoms with Crippen LogP contribution < -0.4 is 5.73 Å². The van der Waals surface area contributed by atoms with Crippen molar-refractivity contribution in [1.29, 1.82) is 0 Å². The van der Waals surface area contributed by atoms with Gasteiger partial charge in [0.05, 0.1) is 6.04 Å². The molecule has 0 fully saturated rings. The first-order chi connectivity index (χ1) is 9.44. The SMILES string of the molecule is CS(=O)(=O)Cc1noc(C(N)CCc2ccccc2)n1. The van der Waals surface area contributed by atoms with E-state index in [1.54, 1.807) is 0 Å². The predicted octanol–water partition coefficient (Wildman–Crippen LogP) is 1.25. The summed E-state index contributed by atoms with van der Waals surface area (Å²) in [6.07, 6.45) is 2.58. The third-order valence-corrected chi connectivity index (χ3v) is 3.56. The lowest BCUT2D eigenvalue weighted by molar-refractivity contribution is 0.346. The average Bonchev–Trinajstić information content (AvgIpc) is 2.83. The standard InChI is InChI=1S/C13H17N3O3S/c1-20(17,18)9-12-15-13(19-16-12)11(14)8-7-10-5-3-2-4-6-10/h2-6,11H,7-9,14H2,1H3. The number of nitrogens with two attached hydrogens (primary N) is 1. The van der Waals surface area contributed by atoms with Crippen molar-refractivity contribution in [3.63, 3.8) is 0 Å². The van der Waals surface area contributed by atoms with E-state index in [2.05, 4.69) is 10.1 Å². The molecule has 0 aliphatic heterocycles. The molecule has 0 saturated heterocycles. The summed E-state index contributed by atoms with van der Waals surface area (Å²) in [4.78, 5) is 4.03. The molecule has 0 amide bonds. The molecule has 1 heterocycles. The summed E-state index contributed by atoms with van der Waals surface area (Å²) < 4.78 is 27.3. The number of rotatable bonds is 6. The number of hydrogen-bond donors (Lipinski definition) is 1. The van der Waals surface area contributed by atoms with E-state index in [9.17, 15) is 8.42 Å². The molecule has 7 heteroatoms. The van der Waals surface area contributed by atoms with E-state index >= 15 is 0 Å². The van der Waals surface area contributed by atoms with Crippen molar-refractivity contribution in [3.05, 3.63) is 47.6 Å². The summed E-state index contributed by atoms with van der Waals surface area (Å²) in [7, 11) is -3.17. The van der Waals surface area contributed by atoms with Crippen LogP contribution in [0.15, 0.2) is 34.9 Å². The summed E-state index contributed by atoms with van der Waals surface area (Å²) in [6.45, 7) is 0. The largest absolute Gasteiger partial charge is 0.338 e. The van der Waals surface area contributed by atoms with Crippen molar-refractivity contribution in [2.45, 2.75) is 24.6 Å². The normalized spacial score (nSPS) is 13.3. The van der Waals surface area contributed by atoms with Crippen LogP contribution in [0.4, 0.5) is 0 Å². The van der Waals surface area contributed by atoms with Crippen molar-refractivity contribution in [3.8, 4) is 0 Å². The summed E-state index contributed by atoms with van der Waals surface area (Å²) in [5.41, 5.74) is 7.15. The second-order valence-corrected chi connectivity index (χ2v) is 6.89. The third-order valence-electron chi connectivity index (χ3n) is 2.78. The predicted molar refractivity (Wildman–Crippen MR) is 74.5 cm³/mol. The molecule has 1 unspecified atom stereocenters. The molecule has 0 saturated carbocycles. The van der Waals surface area contributed by atoms with Gasteiger partial charge in [0.25, 0.3) is 0 Å². The van der Waals surface area contributed by atoms with E-state index in [1.165, 1.54) is 5.56 Å². The van der Waals surface area contributed by atoms with Crippen LogP contribution in [0, 0.1) is 0 Å². The Morgan fingerprint density at radius 3 is 2.65 bits per heavy atom. The van der Waals surface area contributed by atoms with Gasteiger partial charge in [0.1, 0.15) is 5.75 Å².